The molecule has 0 amide bonds. The molecule has 5 nitrogen and oxygen atoms in total. The van der Waals surface area contributed by atoms with Gasteiger partial charge in [0.05, 0.1) is 11.2 Å². The highest BCUT2D eigenvalue weighted by atomic mass is 32.2. The lowest BCUT2D eigenvalue weighted by Crippen LogP contribution is -2.43. The van der Waals surface area contributed by atoms with Crippen molar-refractivity contribution in [2.45, 2.75) is 43.9 Å². The van der Waals surface area contributed by atoms with Crippen molar-refractivity contribution in [1.29, 1.82) is 0 Å². The van der Waals surface area contributed by atoms with Gasteiger partial charge >= 0.3 is 0 Å². The first-order valence-electron chi connectivity index (χ1n) is 7.11. The molecule has 20 heavy (non-hydrogen) atoms. The van der Waals surface area contributed by atoms with Gasteiger partial charge in [-0.1, -0.05) is 6.92 Å². The third kappa shape index (κ3) is 3.39. The lowest BCUT2D eigenvalue weighted by molar-refractivity contribution is 0.233. The van der Waals surface area contributed by atoms with Crippen molar-refractivity contribution in [3.63, 3.8) is 0 Å². The molecule has 0 bridgehead atoms. The molecular formula is C13H23N3O2S2. The van der Waals surface area contributed by atoms with E-state index in [0.717, 1.165) is 24.4 Å². The molecule has 2 heterocycles. The molecule has 1 fully saturated rings. The number of thiazole rings is 1. The van der Waals surface area contributed by atoms with E-state index in [1.807, 2.05) is 6.92 Å². The second-order valence-corrected chi connectivity index (χ2v) is 8.69. The second-order valence-electron chi connectivity index (χ2n) is 5.29. The smallest absolute Gasteiger partial charge is 0.254 e. The molecule has 1 N–H and O–H groups in total. The monoisotopic (exact) mass is 317 g/mol. The molecule has 1 saturated heterocycles. The van der Waals surface area contributed by atoms with Gasteiger partial charge < -0.3 is 5.32 Å². The average Bonchev–Trinajstić information content (AvgIpc) is 2.86. The number of rotatable bonds is 5. The van der Waals surface area contributed by atoms with Crippen LogP contribution in [0.1, 0.15) is 31.7 Å². The van der Waals surface area contributed by atoms with Crippen LogP contribution >= 0.6 is 11.3 Å². The van der Waals surface area contributed by atoms with Gasteiger partial charge in [-0.3, -0.25) is 0 Å². The van der Waals surface area contributed by atoms with Crippen molar-refractivity contribution < 1.29 is 8.42 Å². The van der Waals surface area contributed by atoms with Gasteiger partial charge in [0.15, 0.2) is 4.21 Å². The normalized spacial score (nSPS) is 20.1. The highest BCUT2D eigenvalue weighted by Gasteiger charge is 2.32. The van der Waals surface area contributed by atoms with E-state index in [0.29, 0.717) is 29.3 Å². The Morgan fingerprint density at radius 3 is 2.65 bits per heavy atom. The van der Waals surface area contributed by atoms with Gasteiger partial charge in [-0.2, -0.15) is 4.31 Å². The predicted molar refractivity (Wildman–Crippen MR) is 81.5 cm³/mol. The highest BCUT2D eigenvalue weighted by Crippen LogP contribution is 2.28. The number of sulfonamides is 1. The number of hydrogen-bond acceptors (Lipinski definition) is 5. The van der Waals surface area contributed by atoms with E-state index in [1.165, 1.54) is 17.5 Å². The maximum atomic E-state index is 12.5. The summed E-state index contributed by atoms with van der Waals surface area (Å²) in [5, 5.41) is 4.22. The Bertz CT molecular complexity index is 534. The molecule has 1 aromatic rings. The van der Waals surface area contributed by atoms with Crippen LogP contribution in [0.25, 0.3) is 0 Å². The highest BCUT2D eigenvalue weighted by molar-refractivity contribution is 7.91. The van der Waals surface area contributed by atoms with Gasteiger partial charge in [0.1, 0.15) is 0 Å². The summed E-state index contributed by atoms with van der Waals surface area (Å²) in [4.78, 5) is 4.05. The molecule has 0 radical (unpaired) electrons. The van der Waals surface area contributed by atoms with Gasteiger partial charge in [-0.15, -0.1) is 11.3 Å². The summed E-state index contributed by atoms with van der Waals surface area (Å²) >= 11 is 1.25. The summed E-state index contributed by atoms with van der Waals surface area (Å²) in [6.45, 7) is 8.29. The Kier molecular flexibility index (Phi) is 5.17. The van der Waals surface area contributed by atoms with Gasteiger partial charge in [-0.25, -0.2) is 13.4 Å². The topological polar surface area (TPSA) is 62.3 Å². The van der Waals surface area contributed by atoms with Crippen molar-refractivity contribution in [2.75, 3.05) is 19.6 Å². The lowest BCUT2D eigenvalue weighted by Gasteiger charge is -2.34. The van der Waals surface area contributed by atoms with Crippen LogP contribution in [-0.4, -0.2) is 43.4 Å². The first-order valence-corrected chi connectivity index (χ1v) is 9.36. The fourth-order valence-corrected chi connectivity index (χ4v) is 5.43. The number of piperidine rings is 1. The lowest BCUT2D eigenvalue weighted by atomic mass is 9.91. The summed E-state index contributed by atoms with van der Waals surface area (Å²) in [5.41, 5.74) is 0. The van der Waals surface area contributed by atoms with E-state index in [1.54, 1.807) is 4.31 Å². The summed E-state index contributed by atoms with van der Waals surface area (Å²) in [6, 6.07) is 0.454. The summed E-state index contributed by atoms with van der Waals surface area (Å²) in [5.74, 6) is 0.560. The zero-order valence-electron chi connectivity index (χ0n) is 12.3. The Labute approximate surface area is 125 Å². The fraction of sp³-hybridized carbons (Fsp3) is 0.769. The third-order valence-electron chi connectivity index (χ3n) is 3.93. The maximum Gasteiger partial charge on any atom is 0.254 e. The minimum atomic E-state index is -3.33. The molecule has 0 saturated carbocycles. The van der Waals surface area contributed by atoms with E-state index in [9.17, 15) is 8.42 Å². The molecular weight excluding hydrogens is 294 g/mol. The summed E-state index contributed by atoms with van der Waals surface area (Å²) in [7, 11) is -3.33. The van der Waals surface area contributed by atoms with E-state index < -0.39 is 10.0 Å². The maximum absolute atomic E-state index is 12.5. The molecule has 1 aromatic heterocycles. The number of aryl methyl sites for hydroxylation is 1. The van der Waals surface area contributed by atoms with Gasteiger partial charge in [0.2, 0.25) is 0 Å². The van der Waals surface area contributed by atoms with Crippen molar-refractivity contribution in [1.82, 2.24) is 14.6 Å². The van der Waals surface area contributed by atoms with Crippen LogP contribution in [0.4, 0.5) is 0 Å². The van der Waals surface area contributed by atoms with Crippen LogP contribution in [0.5, 0.6) is 0 Å². The van der Waals surface area contributed by atoms with E-state index in [2.05, 4.69) is 24.1 Å². The number of aromatic nitrogens is 1. The van der Waals surface area contributed by atoms with Crippen LogP contribution in [-0.2, 0) is 10.0 Å². The van der Waals surface area contributed by atoms with Crippen LogP contribution in [0, 0.1) is 12.8 Å². The Balaban J connectivity index is 2.00. The zero-order chi connectivity index (χ0) is 14.8. The van der Waals surface area contributed by atoms with Crippen LogP contribution in [0.15, 0.2) is 10.4 Å². The van der Waals surface area contributed by atoms with Crippen LogP contribution in [0.3, 0.4) is 0 Å². The molecule has 0 spiro atoms. The minimum absolute atomic E-state index is 0.369. The van der Waals surface area contributed by atoms with Gasteiger partial charge in [0, 0.05) is 19.1 Å². The SMILES string of the molecule is CCNC(C)C1CCN(S(=O)(=O)c2cnc(C)s2)CC1. The van der Waals surface area contributed by atoms with Crippen molar-refractivity contribution in [3.8, 4) is 0 Å². The largest absolute Gasteiger partial charge is 0.314 e. The molecule has 1 aliphatic rings. The molecule has 1 atom stereocenters. The van der Waals surface area contributed by atoms with Gasteiger partial charge in [-0.05, 0) is 39.2 Å². The molecule has 1 aliphatic heterocycles. The Morgan fingerprint density at radius 2 is 2.15 bits per heavy atom. The predicted octanol–water partition coefficient (Wildman–Crippen LogP) is 1.85. The number of hydrogen-bond donors (Lipinski definition) is 1. The van der Waals surface area contributed by atoms with E-state index in [-0.39, 0.29) is 0 Å². The Morgan fingerprint density at radius 1 is 1.50 bits per heavy atom. The molecule has 1 unspecified atom stereocenters. The molecule has 2 rings (SSSR count). The summed E-state index contributed by atoms with van der Waals surface area (Å²) < 4.78 is 26.9. The van der Waals surface area contributed by atoms with E-state index >= 15 is 0 Å². The quantitative estimate of drug-likeness (QED) is 0.900. The molecule has 114 valence electrons. The molecule has 0 aromatic carbocycles. The third-order valence-corrected chi connectivity index (χ3v) is 7.17. The second kappa shape index (κ2) is 6.51. The average molecular weight is 317 g/mol. The first kappa shape index (κ1) is 15.9. The molecule has 7 heteroatoms. The van der Waals surface area contributed by atoms with Crippen LogP contribution in [0.2, 0.25) is 0 Å². The van der Waals surface area contributed by atoms with Gasteiger partial charge in [0.25, 0.3) is 10.0 Å². The van der Waals surface area contributed by atoms with Crippen molar-refractivity contribution in [2.24, 2.45) is 5.92 Å². The first-order chi connectivity index (χ1) is 9.45. The Hall–Kier alpha value is -0.500. The van der Waals surface area contributed by atoms with Crippen LogP contribution < -0.4 is 5.32 Å². The summed E-state index contributed by atoms with van der Waals surface area (Å²) in [6.07, 6.45) is 3.32. The van der Waals surface area contributed by atoms with Crippen molar-refractivity contribution >= 4 is 21.4 Å². The minimum Gasteiger partial charge on any atom is -0.314 e. The number of nitrogens with zero attached hydrogens (tertiary/aromatic N) is 2. The zero-order valence-corrected chi connectivity index (χ0v) is 13.9. The van der Waals surface area contributed by atoms with Crippen molar-refractivity contribution in [3.05, 3.63) is 11.2 Å². The van der Waals surface area contributed by atoms with E-state index in [4.69, 9.17) is 0 Å². The standard InChI is InChI=1S/C13H23N3O2S2/c1-4-14-10(2)12-5-7-16(8-6-12)20(17,18)13-9-15-11(3)19-13/h9-10,12,14H,4-8H2,1-3H3. The fourth-order valence-electron chi connectivity index (χ4n) is 2.69. The molecule has 0 aliphatic carbocycles. The number of nitrogens with one attached hydrogen (secondary N) is 1.